The molecule has 0 radical (unpaired) electrons. The number of benzene rings is 1. The molecule has 3 nitrogen and oxygen atoms in total. The third-order valence-electron chi connectivity index (χ3n) is 2.41. The Morgan fingerprint density at radius 1 is 1.43 bits per heavy atom. The van der Waals surface area contributed by atoms with E-state index in [2.05, 4.69) is 35.3 Å². The van der Waals surface area contributed by atoms with Gasteiger partial charge in [0, 0.05) is 0 Å². The third kappa shape index (κ3) is 0.974. The number of hydrogen-bond donors (Lipinski definition) is 0. The highest BCUT2D eigenvalue weighted by atomic mass is 32.1. The second kappa shape index (κ2) is 2.78. The lowest BCUT2D eigenvalue weighted by Crippen LogP contribution is -1.80. The molecule has 4 heteroatoms. The summed E-state index contributed by atoms with van der Waals surface area (Å²) in [6, 6.07) is 6.53. The molecule has 0 saturated carbocycles. The Morgan fingerprint density at radius 2 is 2.36 bits per heavy atom. The van der Waals surface area contributed by atoms with E-state index in [9.17, 15) is 0 Å². The lowest BCUT2D eigenvalue weighted by Gasteiger charge is -1.95. The monoisotopic (exact) mass is 203 g/mol. The Balaban J connectivity index is 2.43. The zero-order chi connectivity index (χ0) is 9.54. The van der Waals surface area contributed by atoms with Crippen LogP contribution < -0.4 is 0 Å². The highest BCUT2D eigenvalue weighted by Crippen LogP contribution is 2.25. The molecule has 0 bridgehead atoms. The Hall–Kier alpha value is -1.42. The maximum absolute atomic E-state index is 4.04. The molecule has 2 heterocycles. The summed E-state index contributed by atoms with van der Waals surface area (Å²) < 4.78 is 3.31. The second-order valence-electron chi connectivity index (χ2n) is 3.24. The summed E-state index contributed by atoms with van der Waals surface area (Å²) in [7, 11) is 0. The first-order chi connectivity index (χ1) is 6.88. The van der Waals surface area contributed by atoms with Gasteiger partial charge in [-0.25, -0.2) is 0 Å². The molecule has 14 heavy (non-hydrogen) atoms. The van der Waals surface area contributed by atoms with Crippen LogP contribution >= 0.6 is 11.3 Å². The van der Waals surface area contributed by atoms with E-state index in [-0.39, 0.29) is 0 Å². The average Bonchev–Trinajstić information content (AvgIpc) is 2.75. The fourth-order valence-corrected chi connectivity index (χ4v) is 2.63. The van der Waals surface area contributed by atoms with Crippen molar-refractivity contribution in [3.63, 3.8) is 0 Å². The molecule has 2 aromatic heterocycles. The predicted molar refractivity (Wildman–Crippen MR) is 57.7 cm³/mol. The first-order valence-electron chi connectivity index (χ1n) is 4.59. The van der Waals surface area contributed by atoms with E-state index in [4.69, 9.17) is 0 Å². The molecule has 0 amide bonds. The lowest BCUT2D eigenvalue weighted by atomic mass is 10.2. The largest absolute Gasteiger partial charge is 0.272 e. The Kier molecular flexibility index (Phi) is 1.58. The number of thiazole rings is 1. The van der Waals surface area contributed by atoms with Gasteiger partial charge in [0.05, 0.1) is 10.2 Å². The van der Waals surface area contributed by atoms with Crippen LogP contribution in [0.3, 0.4) is 0 Å². The van der Waals surface area contributed by atoms with Gasteiger partial charge in [-0.3, -0.25) is 4.40 Å². The molecular formula is C10H9N3S. The maximum Gasteiger partial charge on any atom is 0.217 e. The number of fused-ring (bicyclic) bond motifs is 3. The summed E-state index contributed by atoms with van der Waals surface area (Å²) in [5.74, 6) is 0. The minimum Gasteiger partial charge on any atom is -0.272 e. The number of hydrogen-bond acceptors (Lipinski definition) is 3. The van der Waals surface area contributed by atoms with Crippen LogP contribution in [0.4, 0.5) is 0 Å². The van der Waals surface area contributed by atoms with Gasteiger partial charge in [0.2, 0.25) is 4.96 Å². The smallest absolute Gasteiger partial charge is 0.217 e. The zero-order valence-corrected chi connectivity index (χ0v) is 8.58. The van der Waals surface area contributed by atoms with Crippen LogP contribution in [0.25, 0.3) is 15.2 Å². The van der Waals surface area contributed by atoms with Gasteiger partial charge < -0.3 is 0 Å². The molecule has 0 aliphatic rings. The van der Waals surface area contributed by atoms with Crippen molar-refractivity contribution < 1.29 is 0 Å². The zero-order valence-electron chi connectivity index (χ0n) is 7.77. The minimum absolute atomic E-state index is 0.966. The van der Waals surface area contributed by atoms with Crippen LogP contribution in [0.5, 0.6) is 0 Å². The lowest BCUT2D eigenvalue weighted by molar-refractivity contribution is 1.11. The first kappa shape index (κ1) is 7.94. The van der Waals surface area contributed by atoms with Crippen molar-refractivity contribution in [2.45, 2.75) is 13.3 Å². The molecule has 1 aromatic carbocycles. The van der Waals surface area contributed by atoms with E-state index in [0.29, 0.717) is 0 Å². The van der Waals surface area contributed by atoms with Gasteiger partial charge in [0.15, 0.2) is 0 Å². The average molecular weight is 203 g/mol. The van der Waals surface area contributed by atoms with Crippen molar-refractivity contribution in [2.24, 2.45) is 0 Å². The normalized spacial score (nSPS) is 11.5. The van der Waals surface area contributed by atoms with Gasteiger partial charge in [0.1, 0.15) is 6.33 Å². The molecule has 3 aromatic rings. The van der Waals surface area contributed by atoms with Crippen molar-refractivity contribution in [2.75, 3.05) is 0 Å². The van der Waals surface area contributed by atoms with Crippen molar-refractivity contribution in [3.8, 4) is 0 Å². The summed E-state index contributed by atoms with van der Waals surface area (Å²) in [6.45, 7) is 2.17. The Labute approximate surface area is 85.0 Å². The Morgan fingerprint density at radius 3 is 3.21 bits per heavy atom. The molecule has 0 N–H and O–H groups in total. The predicted octanol–water partition coefficient (Wildman–Crippen LogP) is 2.51. The maximum atomic E-state index is 4.04. The quantitative estimate of drug-likeness (QED) is 0.608. The van der Waals surface area contributed by atoms with Crippen molar-refractivity contribution in [1.29, 1.82) is 0 Å². The molecule has 70 valence electrons. The van der Waals surface area contributed by atoms with Gasteiger partial charge in [-0.1, -0.05) is 24.3 Å². The molecule has 0 atom stereocenters. The number of rotatable bonds is 1. The molecule has 0 aliphatic carbocycles. The summed E-state index contributed by atoms with van der Waals surface area (Å²) in [4.78, 5) is 0.966. The highest BCUT2D eigenvalue weighted by molar-refractivity contribution is 7.23. The van der Waals surface area contributed by atoms with E-state index in [1.54, 1.807) is 17.7 Å². The van der Waals surface area contributed by atoms with Gasteiger partial charge in [-0.05, 0) is 24.1 Å². The van der Waals surface area contributed by atoms with Crippen molar-refractivity contribution in [3.05, 3.63) is 30.1 Å². The molecule has 0 saturated heterocycles. The number of nitrogens with zero attached hydrogens (tertiary/aromatic N) is 3. The Bertz CT molecular complexity index is 593. The van der Waals surface area contributed by atoms with Gasteiger partial charge in [0.25, 0.3) is 0 Å². The summed E-state index contributed by atoms with van der Waals surface area (Å²) in [5.41, 5.74) is 2.57. The summed E-state index contributed by atoms with van der Waals surface area (Å²) >= 11 is 1.69. The van der Waals surface area contributed by atoms with Crippen molar-refractivity contribution in [1.82, 2.24) is 14.6 Å². The van der Waals surface area contributed by atoms with Crippen LogP contribution in [0, 0.1) is 0 Å². The van der Waals surface area contributed by atoms with Crippen LogP contribution in [0.15, 0.2) is 24.5 Å². The van der Waals surface area contributed by atoms with Crippen molar-refractivity contribution >= 4 is 26.5 Å². The first-order valence-corrected chi connectivity index (χ1v) is 5.41. The van der Waals surface area contributed by atoms with E-state index < -0.39 is 0 Å². The van der Waals surface area contributed by atoms with Crippen LogP contribution in [0.1, 0.15) is 12.5 Å². The number of aryl methyl sites for hydroxylation is 1. The summed E-state index contributed by atoms with van der Waals surface area (Å²) in [6.07, 6.45) is 2.84. The molecular weight excluding hydrogens is 194 g/mol. The van der Waals surface area contributed by atoms with Crippen LogP contribution in [-0.2, 0) is 6.42 Å². The van der Waals surface area contributed by atoms with Crippen LogP contribution in [-0.4, -0.2) is 14.6 Å². The number of aromatic nitrogens is 3. The molecule has 3 rings (SSSR count). The van der Waals surface area contributed by atoms with Gasteiger partial charge in [-0.2, -0.15) is 0 Å². The van der Waals surface area contributed by atoms with E-state index in [1.165, 1.54) is 15.8 Å². The molecule has 0 spiro atoms. The van der Waals surface area contributed by atoms with E-state index in [0.717, 1.165) is 11.4 Å². The second-order valence-corrected chi connectivity index (χ2v) is 4.25. The highest BCUT2D eigenvalue weighted by Gasteiger charge is 2.05. The van der Waals surface area contributed by atoms with Crippen LogP contribution in [0.2, 0.25) is 0 Å². The standard InChI is InChI=1S/C10H9N3S/c1-2-7-3-4-8-9(5-7)14-10-12-11-6-13(8)10/h3-6H,2H2,1H3. The van der Waals surface area contributed by atoms with Gasteiger partial charge in [-0.15, -0.1) is 10.2 Å². The minimum atomic E-state index is 0.966. The topological polar surface area (TPSA) is 30.2 Å². The van der Waals surface area contributed by atoms with E-state index in [1.807, 2.05) is 4.40 Å². The fraction of sp³-hybridized carbons (Fsp3) is 0.200. The van der Waals surface area contributed by atoms with E-state index >= 15 is 0 Å². The molecule has 0 unspecified atom stereocenters. The fourth-order valence-electron chi connectivity index (χ4n) is 1.62. The SMILES string of the molecule is CCc1ccc2c(c1)sc1nncn12. The van der Waals surface area contributed by atoms with Gasteiger partial charge >= 0.3 is 0 Å². The summed E-state index contributed by atoms with van der Waals surface area (Å²) in [5, 5.41) is 7.92. The molecule has 0 fully saturated rings. The third-order valence-corrected chi connectivity index (χ3v) is 3.42. The molecule has 0 aliphatic heterocycles.